The maximum absolute atomic E-state index is 13.3. The molecule has 0 radical (unpaired) electrons. The van der Waals surface area contributed by atoms with Crippen molar-refractivity contribution in [2.24, 2.45) is 0 Å². The second kappa shape index (κ2) is 21.7. The van der Waals surface area contributed by atoms with Gasteiger partial charge < -0.3 is 14.7 Å². The number of aromatic nitrogens is 4. The van der Waals surface area contributed by atoms with Crippen LogP contribution < -0.4 is 0 Å². The van der Waals surface area contributed by atoms with Crippen molar-refractivity contribution in [2.75, 3.05) is 6.61 Å². The summed E-state index contributed by atoms with van der Waals surface area (Å²) in [6, 6.07) is 42.4. The van der Waals surface area contributed by atoms with E-state index in [0.717, 1.165) is 102 Å². The van der Waals surface area contributed by atoms with Gasteiger partial charge in [0.05, 0.1) is 34.9 Å². The number of ether oxygens (including phenoxy) is 1. The highest BCUT2D eigenvalue weighted by molar-refractivity contribution is 6.00. The zero-order valence-corrected chi connectivity index (χ0v) is 40.3. The minimum absolute atomic E-state index is 0.289. The number of rotatable bonds is 18. The first-order valence-electron chi connectivity index (χ1n) is 25.0. The maximum Gasteiger partial charge on any atom is 0.338 e. The minimum Gasteiger partial charge on any atom is -0.462 e. The number of carbonyl (C=O) groups excluding carboxylic acids is 1. The molecule has 344 valence electrons. The van der Waals surface area contributed by atoms with E-state index in [-0.39, 0.29) is 5.97 Å². The summed E-state index contributed by atoms with van der Waals surface area (Å²) in [6.45, 7) is 9.05. The predicted octanol–water partition coefficient (Wildman–Crippen LogP) is 17.1. The predicted molar refractivity (Wildman–Crippen MR) is 286 cm³/mol. The number of nitrogens with zero attached hydrogens (tertiary/aromatic N) is 2. The third kappa shape index (κ3) is 10.7. The standard InChI is InChI=1S/C62H64N4O2/c1-5-6-7-8-9-10-11-12-13-14-15-16-41-68-62(67)49-31-29-48(30-32-49)61-56-39-37-54(65-56)59(46-25-19-43(3)20-26-46)52-35-33-50(63-52)58(45-23-17-42(2)18-24-45)51-34-36-53(64-51)60(55-38-40-57(61)66-55)47-27-21-44(4)22-28-47/h17-40,63,66H,5-16,41H2,1-4H3. The number of H-pyrrole nitrogens is 2. The van der Waals surface area contributed by atoms with E-state index in [1.165, 1.54) is 80.9 Å². The van der Waals surface area contributed by atoms with Crippen LogP contribution in [0.2, 0.25) is 0 Å². The number of benzene rings is 4. The largest absolute Gasteiger partial charge is 0.462 e. The first-order chi connectivity index (χ1) is 33.3. The van der Waals surface area contributed by atoms with Crippen LogP contribution in [-0.4, -0.2) is 32.5 Å². The molecule has 8 bridgehead atoms. The van der Waals surface area contributed by atoms with Crippen molar-refractivity contribution in [3.63, 3.8) is 0 Å². The molecule has 0 aliphatic carbocycles. The normalized spacial score (nSPS) is 11.9. The van der Waals surface area contributed by atoms with Crippen molar-refractivity contribution < 1.29 is 9.53 Å². The molecule has 6 nitrogen and oxygen atoms in total. The van der Waals surface area contributed by atoms with E-state index in [9.17, 15) is 4.79 Å². The fraction of sp³-hybridized carbons (Fsp3) is 0.274. The Balaban J connectivity index is 1.11. The van der Waals surface area contributed by atoms with Crippen LogP contribution in [0.3, 0.4) is 0 Å². The Morgan fingerprint density at radius 3 is 1.01 bits per heavy atom. The summed E-state index contributed by atoms with van der Waals surface area (Å²) in [5.74, 6) is -0.289. The topological polar surface area (TPSA) is 83.7 Å². The van der Waals surface area contributed by atoms with Gasteiger partial charge in [-0.25, -0.2) is 14.8 Å². The van der Waals surface area contributed by atoms with Gasteiger partial charge in [0.1, 0.15) is 0 Å². The van der Waals surface area contributed by atoms with E-state index in [4.69, 9.17) is 14.7 Å². The smallest absolute Gasteiger partial charge is 0.338 e. The van der Waals surface area contributed by atoms with Crippen LogP contribution in [0, 0.1) is 20.8 Å². The third-order valence-corrected chi connectivity index (χ3v) is 13.4. The van der Waals surface area contributed by atoms with Gasteiger partial charge in [-0.3, -0.25) is 0 Å². The summed E-state index contributed by atoms with van der Waals surface area (Å²) in [6.07, 6.45) is 23.7. The van der Waals surface area contributed by atoms with Gasteiger partial charge in [-0.2, -0.15) is 0 Å². The molecule has 2 N–H and O–H groups in total. The fourth-order valence-electron chi connectivity index (χ4n) is 9.55. The van der Waals surface area contributed by atoms with Crippen LogP contribution in [-0.2, 0) is 4.74 Å². The first kappa shape index (κ1) is 46.1. The molecule has 0 atom stereocenters. The van der Waals surface area contributed by atoms with Gasteiger partial charge in [0.25, 0.3) is 0 Å². The quantitative estimate of drug-likeness (QED) is 0.0664. The number of hydrogen-bond donors (Lipinski definition) is 2. The molecular weight excluding hydrogens is 833 g/mol. The molecule has 0 unspecified atom stereocenters. The summed E-state index contributed by atoms with van der Waals surface area (Å²) in [7, 11) is 0. The first-order valence-corrected chi connectivity index (χ1v) is 25.0. The molecule has 4 aromatic carbocycles. The van der Waals surface area contributed by atoms with Crippen LogP contribution in [0.15, 0.2) is 121 Å². The Bertz CT molecular complexity index is 3050. The van der Waals surface area contributed by atoms with Crippen LogP contribution in [0.5, 0.6) is 0 Å². The lowest BCUT2D eigenvalue weighted by molar-refractivity contribution is 0.0497. The van der Waals surface area contributed by atoms with Gasteiger partial charge in [-0.1, -0.05) is 179 Å². The number of unbranched alkanes of at least 4 members (excludes halogenated alkanes) is 11. The highest BCUT2D eigenvalue weighted by Crippen LogP contribution is 2.39. The third-order valence-electron chi connectivity index (χ3n) is 13.4. The molecule has 0 amide bonds. The molecule has 0 spiro atoms. The molecule has 2 aliphatic heterocycles. The molecule has 9 rings (SSSR count). The van der Waals surface area contributed by atoms with Crippen molar-refractivity contribution >= 4 is 52.3 Å². The second-order valence-electron chi connectivity index (χ2n) is 18.7. The van der Waals surface area contributed by atoms with Crippen molar-refractivity contribution in [1.29, 1.82) is 0 Å². The van der Waals surface area contributed by atoms with Crippen molar-refractivity contribution in [3.8, 4) is 44.5 Å². The van der Waals surface area contributed by atoms with Crippen molar-refractivity contribution in [3.05, 3.63) is 166 Å². The number of fused-ring (bicyclic) bond motifs is 8. The Morgan fingerprint density at radius 1 is 0.397 bits per heavy atom. The molecule has 2 aliphatic rings. The summed E-state index contributed by atoms with van der Waals surface area (Å²) in [4.78, 5) is 31.9. The van der Waals surface area contributed by atoms with Crippen molar-refractivity contribution in [2.45, 2.75) is 105 Å². The number of hydrogen-bond acceptors (Lipinski definition) is 4. The average molecular weight is 897 g/mol. The molecule has 0 fully saturated rings. The molecule has 5 heterocycles. The number of carbonyl (C=O) groups is 1. The van der Waals surface area contributed by atoms with Gasteiger partial charge in [0, 0.05) is 44.3 Å². The van der Waals surface area contributed by atoms with Crippen molar-refractivity contribution in [1.82, 2.24) is 19.9 Å². The molecule has 0 saturated carbocycles. The van der Waals surface area contributed by atoms with E-state index in [1.54, 1.807) is 0 Å². The van der Waals surface area contributed by atoms with Crippen LogP contribution >= 0.6 is 0 Å². The summed E-state index contributed by atoms with van der Waals surface area (Å²) >= 11 is 0. The van der Waals surface area contributed by atoms with Crippen LogP contribution in [0.1, 0.15) is 134 Å². The van der Waals surface area contributed by atoms with E-state index in [2.05, 4.69) is 159 Å². The Kier molecular flexibility index (Phi) is 14.7. The van der Waals surface area contributed by atoms with E-state index in [0.29, 0.717) is 12.2 Å². The summed E-state index contributed by atoms with van der Waals surface area (Å²) in [5.41, 5.74) is 19.4. The van der Waals surface area contributed by atoms with Gasteiger partial charge in [0.2, 0.25) is 0 Å². The zero-order chi connectivity index (χ0) is 46.8. The second-order valence-corrected chi connectivity index (χ2v) is 18.7. The fourth-order valence-corrected chi connectivity index (χ4v) is 9.55. The number of esters is 1. The number of nitrogens with one attached hydrogen (secondary N) is 2. The molecule has 6 heteroatoms. The minimum atomic E-state index is -0.289. The SMILES string of the molecule is CCCCCCCCCCCCCCOC(=O)c1ccc(-c2c3nc(c(-c4ccc(C)cc4)c4ccc([nH]4)c(-c4ccc(C)cc4)c4nc(c(-c5ccc(C)cc5)c5ccc2[nH]5)C=C4)C=C3)cc1. The lowest BCUT2D eigenvalue weighted by Gasteiger charge is -2.08. The zero-order valence-electron chi connectivity index (χ0n) is 40.3. The van der Waals surface area contributed by atoms with Gasteiger partial charge in [-0.05, 0) is 110 Å². The number of aryl methyl sites for hydroxylation is 3. The Hall–Kier alpha value is -7.05. The van der Waals surface area contributed by atoms with E-state index >= 15 is 0 Å². The van der Waals surface area contributed by atoms with Gasteiger partial charge in [-0.15, -0.1) is 0 Å². The molecule has 68 heavy (non-hydrogen) atoms. The molecular formula is C62H64N4O2. The van der Waals surface area contributed by atoms with Crippen LogP contribution in [0.4, 0.5) is 0 Å². The molecule has 0 saturated heterocycles. The summed E-state index contributed by atoms with van der Waals surface area (Å²) < 4.78 is 5.79. The molecule has 7 aromatic rings. The number of aromatic amines is 2. The van der Waals surface area contributed by atoms with E-state index in [1.807, 2.05) is 24.3 Å². The average Bonchev–Trinajstić information content (AvgIpc) is 4.21. The van der Waals surface area contributed by atoms with Gasteiger partial charge >= 0.3 is 5.97 Å². The monoisotopic (exact) mass is 897 g/mol. The van der Waals surface area contributed by atoms with Gasteiger partial charge in [0.15, 0.2) is 0 Å². The lowest BCUT2D eigenvalue weighted by atomic mass is 10.0. The maximum atomic E-state index is 13.3. The summed E-state index contributed by atoms with van der Waals surface area (Å²) in [5, 5.41) is 0. The molecule has 3 aromatic heterocycles. The van der Waals surface area contributed by atoms with Crippen LogP contribution in [0.25, 0.3) is 90.9 Å². The Labute approximate surface area is 402 Å². The Morgan fingerprint density at radius 2 is 0.691 bits per heavy atom. The van der Waals surface area contributed by atoms with E-state index < -0.39 is 0 Å². The highest BCUT2D eigenvalue weighted by atomic mass is 16.5. The lowest BCUT2D eigenvalue weighted by Crippen LogP contribution is -2.06. The highest BCUT2D eigenvalue weighted by Gasteiger charge is 2.20.